The van der Waals surface area contributed by atoms with E-state index in [-0.39, 0.29) is 5.56 Å². The fourth-order valence-electron chi connectivity index (χ4n) is 1.35. The molecule has 4 nitrogen and oxygen atoms in total. The van der Waals surface area contributed by atoms with Gasteiger partial charge in [-0.3, -0.25) is 4.79 Å². The van der Waals surface area contributed by atoms with Crippen molar-refractivity contribution in [3.05, 3.63) is 53.7 Å². The number of nitrogens with zero attached hydrogens (tertiary/aromatic N) is 2. The maximum absolute atomic E-state index is 13.3. The molecule has 1 N–H and O–H groups in total. The smallest absolute Gasteiger partial charge is 0.261 e. The lowest BCUT2D eigenvalue weighted by atomic mass is 10.2. The number of aromatic nitrogens is 2. The third kappa shape index (κ3) is 2.44. The molecule has 2 aromatic heterocycles. The minimum atomic E-state index is -0.793. The molecule has 0 atom stereocenters. The number of pyridine rings is 2. The normalized spacial score (nSPS) is 10.0. The minimum Gasteiger partial charge on any atom is -0.306 e. The summed E-state index contributed by atoms with van der Waals surface area (Å²) in [5, 5.41) is 2.54. The van der Waals surface area contributed by atoms with E-state index < -0.39 is 11.9 Å². The maximum atomic E-state index is 13.3. The molecule has 0 spiro atoms. The van der Waals surface area contributed by atoms with Gasteiger partial charge in [0.05, 0.1) is 5.56 Å². The van der Waals surface area contributed by atoms with E-state index >= 15 is 0 Å². The summed E-state index contributed by atoms with van der Waals surface area (Å²) in [5.74, 6) is -0.934. The first-order valence-electron chi connectivity index (χ1n) is 5.02. The van der Waals surface area contributed by atoms with E-state index in [9.17, 15) is 9.18 Å². The van der Waals surface area contributed by atoms with Crippen LogP contribution in [0.5, 0.6) is 0 Å². The summed E-state index contributed by atoms with van der Waals surface area (Å²) in [6, 6.07) is 6.44. The first-order chi connectivity index (χ1) is 8.18. The second-order valence-corrected chi connectivity index (χ2v) is 3.46. The van der Waals surface area contributed by atoms with Gasteiger partial charge in [-0.1, -0.05) is 6.07 Å². The SMILES string of the molecule is Cc1cccnc1NC(=O)c1cccnc1F. The predicted octanol–water partition coefficient (Wildman–Crippen LogP) is 2.18. The zero-order valence-corrected chi connectivity index (χ0v) is 9.14. The topological polar surface area (TPSA) is 54.9 Å². The molecule has 2 heterocycles. The number of rotatable bonds is 2. The Morgan fingerprint density at radius 2 is 1.94 bits per heavy atom. The molecule has 2 rings (SSSR count). The average molecular weight is 231 g/mol. The maximum Gasteiger partial charge on any atom is 0.261 e. The van der Waals surface area contributed by atoms with Gasteiger partial charge in [0.15, 0.2) is 0 Å². The molecule has 2 aromatic rings. The highest BCUT2D eigenvalue weighted by Crippen LogP contribution is 2.12. The van der Waals surface area contributed by atoms with Gasteiger partial charge in [-0.05, 0) is 30.7 Å². The molecule has 0 fully saturated rings. The summed E-state index contributed by atoms with van der Waals surface area (Å²) in [6.45, 7) is 1.81. The Hall–Kier alpha value is -2.30. The molecular formula is C12H10FN3O. The third-order valence-electron chi connectivity index (χ3n) is 2.25. The minimum absolute atomic E-state index is 0.0995. The highest BCUT2D eigenvalue weighted by Gasteiger charge is 2.13. The van der Waals surface area contributed by atoms with Crippen LogP contribution in [0.25, 0.3) is 0 Å². The van der Waals surface area contributed by atoms with Crippen LogP contribution in [0.15, 0.2) is 36.7 Å². The van der Waals surface area contributed by atoms with Gasteiger partial charge in [-0.25, -0.2) is 9.97 Å². The van der Waals surface area contributed by atoms with Crippen LogP contribution in [0, 0.1) is 12.9 Å². The zero-order valence-electron chi connectivity index (χ0n) is 9.14. The number of hydrogen-bond donors (Lipinski definition) is 1. The van der Waals surface area contributed by atoms with Crippen LogP contribution in [0.2, 0.25) is 0 Å². The van der Waals surface area contributed by atoms with E-state index in [1.807, 2.05) is 13.0 Å². The van der Waals surface area contributed by atoms with E-state index in [1.54, 1.807) is 12.3 Å². The summed E-state index contributed by atoms with van der Waals surface area (Å²) < 4.78 is 13.3. The van der Waals surface area contributed by atoms with Crippen molar-refractivity contribution in [1.29, 1.82) is 0 Å². The van der Waals surface area contributed by atoms with Crippen molar-refractivity contribution in [1.82, 2.24) is 9.97 Å². The second kappa shape index (κ2) is 4.69. The van der Waals surface area contributed by atoms with Crippen molar-refractivity contribution in [2.75, 3.05) is 5.32 Å². The van der Waals surface area contributed by atoms with Crippen molar-refractivity contribution >= 4 is 11.7 Å². The summed E-state index contributed by atoms with van der Waals surface area (Å²) in [4.78, 5) is 19.2. The molecule has 0 aliphatic carbocycles. The molecule has 0 aliphatic heterocycles. The molecular weight excluding hydrogens is 221 g/mol. The predicted molar refractivity (Wildman–Crippen MR) is 61.1 cm³/mol. The number of carbonyl (C=O) groups excluding carboxylic acids is 1. The number of aryl methyl sites for hydroxylation is 1. The van der Waals surface area contributed by atoms with Crippen LogP contribution in [0.1, 0.15) is 15.9 Å². The van der Waals surface area contributed by atoms with Crippen molar-refractivity contribution in [3.8, 4) is 0 Å². The first-order valence-corrected chi connectivity index (χ1v) is 5.02. The standard InChI is InChI=1S/C12H10FN3O/c1-8-4-2-7-15-11(8)16-12(17)9-5-3-6-14-10(9)13/h2-7H,1H3,(H,15,16,17). The Labute approximate surface area is 97.5 Å². The molecule has 0 bridgehead atoms. The highest BCUT2D eigenvalue weighted by atomic mass is 19.1. The Kier molecular flexibility index (Phi) is 3.09. The number of amides is 1. The molecule has 0 aromatic carbocycles. The zero-order chi connectivity index (χ0) is 12.3. The van der Waals surface area contributed by atoms with Crippen LogP contribution in [-0.2, 0) is 0 Å². The number of carbonyl (C=O) groups is 1. The van der Waals surface area contributed by atoms with Gasteiger partial charge in [0, 0.05) is 12.4 Å². The van der Waals surface area contributed by atoms with Gasteiger partial charge < -0.3 is 5.32 Å². The summed E-state index contributed by atoms with van der Waals surface area (Å²) in [5.41, 5.74) is 0.711. The van der Waals surface area contributed by atoms with Gasteiger partial charge in [-0.2, -0.15) is 4.39 Å². The molecule has 5 heteroatoms. The molecule has 0 saturated heterocycles. The average Bonchev–Trinajstić information content (AvgIpc) is 2.32. The van der Waals surface area contributed by atoms with Gasteiger partial charge in [-0.15, -0.1) is 0 Å². The molecule has 0 saturated carbocycles. The van der Waals surface area contributed by atoms with Crippen LogP contribution >= 0.6 is 0 Å². The van der Waals surface area contributed by atoms with Crippen LogP contribution in [0.4, 0.5) is 10.2 Å². The number of halogens is 1. The lowest BCUT2D eigenvalue weighted by Crippen LogP contribution is -2.15. The summed E-state index contributed by atoms with van der Waals surface area (Å²) in [7, 11) is 0. The van der Waals surface area contributed by atoms with E-state index in [0.29, 0.717) is 5.82 Å². The van der Waals surface area contributed by atoms with Crippen LogP contribution in [0.3, 0.4) is 0 Å². The quantitative estimate of drug-likeness (QED) is 0.806. The number of hydrogen-bond acceptors (Lipinski definition) is 3. The van der Waals surface area contributed by atoms with E-state index in [4.69, 9.17) is 0 Å². The second-order valence-electron chi connectivity index (χ2n) is 3.46. The van der Waals surface area contributed by atoms with Gasteiger partial charge in [0.25, 0.3) is 5.91 Å². The van der Waals surface area contributed by atoms with Crippen molar-refractivity contribution in [2.45, 2.75) is 6.92 Å². The Balaban J connectivity index is 2.24. The van der Waals surface area contributed by atoms with Crippen molar-refractivity contribution in [2.24, 2.45) is 0 Å². The molecule has 1 amide bonds. The van der Waals surface area contributed by atoms with Crippen LogP contribution in [-0.4, -0.2) is 15.9 Å². The Morgan fingerprint density at radius 1 is 1.24 bits per heavy atom. The van der Waals surface area contributed by atoms with Crippen molar-refractivity contribution in [3.63, 3.8) is 0 Å². The fourth-order valence-corrected chi connectivity index (χ4v) is 1.35. The Bertz CT molecular complexity index is 557. The largest absolute Gasteiger partial charge is 0.306 e. The number of anilines is 1. The fraction of sp³-hybridized carbons (Fsp3) is 0.0833. The van der Waals surface area contributed by atoms with Gasteiger partial charge in [0.2, 0.25) is 5.95 Å². The number of nitrogens with one attached hydrogen (secondary N) is 1. The first kappa shape index (κ1) is 11.2. The lowest BCUT2D eigenvalue weighted by molar-refractivity contribution is 0.102. The van der Waals surface area contributed by atoms with E-state index in [1.165, 1.54) is 18.3 Å². The Morgan fingerprint density at radius 3 is 2.65 bits per heavy atom. The molecule has 0 aliphatic rings. The van der Waals surface area contributed by atoms with Crippen molar-refractivity contribution < 1.29 is 9.18 Å². The lowest BCUT2D eigenvalue weighted by Gasteiger charge is -2.06. The third-order valence-corrected chi connectivity index (χ3v) is 2.25. The highest BCUT2D eigenvalue weighted by molar-refractivity contribution is 6.04. The van der Waals surface area contributed by atoms with Crippen LogP contribution < -0.4 is 5.32 Å². The van der Waals surface area contributed by atoms with E-state index in [0.717, 1.165) is 5.56 Å². The van der Waals surface area contributed by atoms with Gasteiger partial charge in [0.1, 0.15) is 5.82 Å². The molecule has 0 radical (unpaired) electrons. The summed E-state index contributed by atoms with van der Waals surface area (Å²) >= 11 is 0. The molecule has 17 heavy (non-hydrogen) atoms. The van der Waals surface area contributed by atoms with Gasteiger partial charge >= 0.3 is 0 Å². The monoisotopic (exact) mass is 231 g/mol. The molecule has 86 valence electrons. The summed E-state index contributed by atoms with van der Waals surface area (Å²) in [6.07, 6.45) is 2.85. The van der Waals surface area contributed by atoms with E-state index in [2.05, 4.69) is 15.3 Å². The molecule has 0 unspecified atom stereocenters.